The molecule has 1 unspecified atom stereocenters. The number of unbranched alkanes of at least 4 members (excludes halogenated alkanes) is 1. The summed E-state index contributed by atoms with van der Waals surface area (Å²) < 4.78 is 5.03. The number of nitrogens with zero attached hydrogens (tertiary/aromatic N) is 2. The van der Waals surface area contributed by atoms with Crippen LogP contribution in [-0.4, -0.2) is 85.6 Å². The topological polar surface area (TPSA) is 208 Å². The molecule has 194 valence electrons. The molecule has 1 aromatic carbocycles. The van der Waals surface area contributed by atoms with E-state index >= 15 is 0 Å². The number of imide groups is 2. The van der Waals surface area contributed by atoms with E-state index < -0.39 is 66.8 Å². The molecular weight excluding hydrogens is 482 g/mol. The number of carboxylic acids is 3. The number of hydrogen-bond donors (Lipinski definition) is 4. The molecule has 1 saturated heterocycles. The highest BCUT2D eigenvalue weighted by Gasteiger charge is 2.53. The lowest BCUT2D eigenvalue weighted by molar-refractivity contribution is -0.152. The van der Waals surface area contributed by atoms with Crippen molar-refractivity contribution in [3.05, 3.63) is 35.9 Å². The van der Waals surface area contributed by atoms with Gasteiger partial charge in [-0.15, -0.1) is 0 Å². The van der Waals surface area contributed by atoms with Crippen LogP contribution in [0.15, 0.2) is 30.3 Å². The maximum absolute atomic E-state index is 12.7. The molecule has 0 radical (unpaired) electrons. The van der Waals surface area contributed by atoms with Gasteiger partial charge in [-0.05, 0) is 31.2 Å². The first-order chi connectivity index (χ1) is 17.0. The molecule has 1 fully saturated rings. The highest BCUT2D eigenvalue weighted by Crippen LogP contribution is 2.23. The first kappa shape index (κ1) is 27.8. The molecule has 2 atom stereocenters. The molecule has 14 nitrogen and oxygen atoms in total. The first-order valence-electron chi connectivity index (χ1n) is 10.9. The predicted molar refractivity (Wildman–Crippen MR) is 117 cm³/mol. The fraction of sp³-hybridized carbons (Fsp3) is 0.409. The Kier molecular flexibility index (Phi) is 9.89. The van der Waals surface area contributed by atoms with E-state index in [1.54, 1.807) is 24.3 Å². The lowest BCUT2D eigenvalue weighted by Gasteiger charge is -2.24. The Balaban J connectivity index is 1.91. The van der Waals surface area contributed by atoms with Crippen LogP contribution in [0.2, 0.25) is 0 Å². The average Bonchev–Trinajstić information content (AvgIpc) is 3.03. The zero-order valence-electron chi connectivity index (χ0n) is 19.0. The van der Waals surface area contributed by atoms with Crippen molar-refractivity contribution in [2.24, 2.45) is 0 Å². The van der Waals surface area contributed by atoms with E-state index in [1.807, 2.05) is 6.07 Å². The Bertz CT molecular complexity index is 1030. The minimum Gasteiger partial charge on any atom is -0.481 e. The summed E-state index contributed by atoms with van der Waals surface area (Å²) in [5, 5.41) is 30.1. The van der Waals surface area contributed by atoms with Gasteiger partial charge in [0.15, 0.2) is 0 Å². The van der Waals surface area contributed by atoms with Crippen molar-refractivity contribution in [3.8, 4) is 0 Å². The van der Waals surface area contributed by atoms with Gasteiger partial charge in [-0.1, -0.05) is 30.3 Å². The van der Waals surface area contributed by atoms with Gasteiger partial charge in [-0.3, -0.25) is 14.4 Å². The van der Waals surface area contributed by atoms with Crippen molar-refractivity contribution in [1.82, 2.24) is 15.1 Å². The molecule has 5 amide bonds. The number of alkyl carbamates (subject to hydrolysis) is 1. The second-order valence-electron chi connectivity index (χ2n) is 7.76. The largest absolute Gasteiger partial charge is 0.481 e. The molecule has 1 aromatic rings. The number of urea groups is 1. The van der Waals surface area contributed by atoms with E-state index in [0.29, 0.717) is 0 Å². The summed E-state index contributed by atoms with van der Waals surface area (Å²) in [5.41, 5.74) is 0.786. The molecule has 0 aromatic heterocycles. The standard InChI is InChI=1S/C22H25N3O11/c26-16(27)10-9-15(20(32)33)25-18(29)17(28)24(22(25)35)14(19(30)31)8-4-5-11-23-21(34)36-12-13-6-2-1-3-7-13/h1-3,6-7,14-15H,4-5,8-12H2,(H,23,34)(H,26,27)(H,30,31)(H,32,33)/t14-,15?/m0/s1. The molecule has 1 aliphatic rings. The van der Waals surface area contributed by atoms with Crippen molar-refractivity contribution in [2.45, 2.75) is 50.8 Å². The van der Waals surface area contributed by atoms with Crippen LogP contribution in [0.4, 0.5) is 9.59 Å². The summed E-state index contributed by atoms with van der Waals surface area (Å²) >= 11 is 0. The molecule has 1 aliphatic heterocycles. The molecule has 0 aliphatic carbocycles. The van der Waals surface area contributed by atoms with Crippen molar-refractivity contribution in [3.63, 3.8) is 0 Å². The van der Waals surface area contributed by atoms with E-state index in [9.17, 15) is 43.8 Å². The first-order valence-corrected chi connectivity index (χ1v) is 10.9. The van der Waals surface area contributed by atoms with E-state index in [1.165, 1.54) is 0 Å². The fourth-order valence-electron chi connectivity index (χ4n) is 3.46. The zero-order valence-corrected chi connectivity index (χ0v) is 19.0. The van der Waals surface area contributed by atoms with Crippen LogP contribution in [0.1, 0.15) is 37.7 Å². The summed E-state index contributed by atoms with van der Waals surface area (Å²) in [6.07, 6.45) is -1.97. The number of aliphatic carboxylic acids is 3. The molecule has 36 heavy (non-hydrogen) atoms. The minimum atomic E-state index is -1.95. The maximum Gasteiger partial charge on any atom is 0.407 e. The summed E-state index contributed by atoms with van der Waals surface area (Å²) in [5.74, 6) is -7.77. The predicted octanol–water partition coefficient (Wildman–Crippen LogP) is 0.645. The Morgan fingerprint density at radius 2 is 1.39 bits per heavy atom. The molecule has 0 saturated carbocycles. The fourth-order valence-corrected chi connectivity index (χ4v) is 3.46. The number of carbonyl (C=O) groups is 7. The van der Waals surface area contributed by atoms with Gasteiger partial charge in [0.05, 0.1) is 0 Å². The molecule has 1 heterocycles. The number of benzene rings is 1. The third-order valence-corrected chi connectivity index (χ3v) is 5.24. The smallest absolute Gasteiger partial charge is 0.407 e. The van der Waals surface area contributed by atoms with Crippen molar-refractivity contribution < 1.29 is 53.6 Å². The highest BCUT2D eigenvalue weighted by atomic mass is 16.5. The van der Waals surface area contributed by atoms with Gasteiger partial charge in [0.1, 0.15) is 18.7 Å². The van der Waals surface area contributed by atoms with Crippen LogP contribution in [0.3, 0.4) is 0 Å². The van der Waals surface area contributed by atoms with E-state index in [4.69, 9.17) is 9.84 Å². The average molecular weight is 507 g/mol. The van der Waals surface area contributed by atoms with Gasteiger partial charge in [-0.2, -0.15) is 0 Å². The highest BCUT2D eigenvalue weighted by molar-refractivity contribution is 6.45. The Labute approximate surface area is 204 Å². The normalized spacial score (nSPS) is 14.9. The number of nitrogens with one attached hydrogen (secondary N) is 1. The molecule has 0 spiro atoms. The third kappa shape index (κ3) is 7.25. The molecule has 4 N–H and O–H groups in total. The van der Waals surface area contributed by atoms with Crippen LogP contribution in [0.5, 0.6) is 0 Å². The summed E-state index contributed by atoms with van der Waals surface area (Å²) in [6.45, 7) is 0.157. The zero-order chi connectivity index (χ0) is 26.8. The second kappa shape index (κ2) is 12.8. The molecule has 2 rings (SSSR count). The molecular formula is C22H25N3O11. The Morgan fingerprint density at radius 1 is 0.833 bits per heavy atom. The van der Waals surface area contributed by atoms with Crippen molar-refractivity contribution in [2.75, 3.05) is 6.54 Å². The number of rotatable bonds is 14. The monoisotopic (exact) mass is 507 g/mol. The SMILES string of the molecule is O=C(O)CCC(C(=O)O)N1C(=O)C(=O)N([C@@H](CCCCNC(=O)OCc2ccccc2)C(=O)O)C1=O. The quantitative estimate of drug-likeness (QED) is 0.156. The van der Waals surface area contributed by atoms with Crippen LogP contribution in [0.25, 0.3) is 0 Å². The van der Waals surface area contributed by atoms with Crippen LogP contribution in [0, 0.1) is 0 Å². The van der Waals surface area contributed by atoms with Crippen molar-refractivity contribution in [1.29, 1.82) is 0 Å². The minimum absolute atomic E-state index is 0.0568. The summed E-state index contributed by atoms with van der Waals surface area (Å²) in [4.78, 5) is 83.4. The maximum atomic E-state index is 12.7. The third-order valence-electron chi connectivity index (χ3n) is 5.24. The number of carboxylic acid groups (broad SMARTS) is 3. The van der Waals surface area contributed by atoms with Gasteiger partial charge < -0.3 is 25.4 Å². The van der Waals surface area contributed by atoms with Crippen LogP contribution < -0.4 is 5.32 Å². The van der Waals surface area contributed by atoms with E-state index in [-0.39, 0.29) is 42.2 Å². The van der Waals surface area contributed by atoms with Gasteiger partial charge in [0, 0.05) is 13.0 Å². The van der Waals surface area contributed by atoms with Gasteiger partial charge in [0.25, 0.3) is 0 Å². The Hall–Kier alpha value is -4.49. The number of carbonyl (C=O) groups excluding carboxylic acids is 4. The lowest BCUT2D eigenvalue weighted by atomic mass is 10.1. The molecule has 14 heteroatoms. The van der Waals surface area contributed by atoms with Gasteiger partial charge in [-0.25, -0.2) is 29.0 Å². The molecule has 0 bridgehead atoms. The van der Waals surface area contributed by atoms with Gasteiger partial charge >= 0.3 is 41.8 Å². The van der Waals surface area contributed by atoms with Crippen molar-refractivity contribution >= 4 is 41.8 Å². The van der Waals surface area contributed by atoms with E-state index in [0.717, 1.165) is 5.56 Å². The second-order valence-corrected chi connectivity index (χ2v) is 7.76. The van der Waals surface area contributed by atoms with Crippen LogP contribution in [-0.2, 0) is 35.3 Å². The summed E-state index contributed by atoms with van der Waals surface area (Å²) in [6, 6.07) is 3.78. The van der Waals surface area contributed by atoms with Crippen LogP contribution >= 0.6 is 0 Å². The van der Waals surface area contributed by atoms with Gasteiger partial charge in [0.2, 0.25) is 0 Å². The number of ether oxygens (including phenoxy) is 1. The van der Waals surface area contributed by atoms with E-state index in [2.05, 4.69) is 5.32 Å². The summed E-state index contributed by atoms with van der Waals surface area (Å²) in [7, 11) is 0. The Morgan fingerprint density at radius 3 is 1.92 bits per heavy atom. The number of hydrogen-bond acceptors (Lipinski definition) is 8. The lowest BCUT2D eigenvalue weighted by Crippen LogP contribution is -2.49. The number of amides is 5.